The molecule has 1 fully saturated rings. The van der Waals surface area contributed by atoms with E-state index in [9.17, 15) is 4.79 Å². The molecule has 1 aliphatic rings. The van der Waals surface area contributed by atoms with Crippen molar-refractivity contribution in [1.82, 2.24) is 4.90 Å². The van der Waals surface area contributed by atoms with Crippen molar-refractivity contribution in [1.29, 1.82) is 0 Å². The van der Waals surface area contributed by atoms with E-state index in [0.29, 0.717) is 6.61 Å². The quantitative estimate of drug-likeness (QED) is 0.794. The summed E-state index contributed by atoms with van der Waals surface area (Å²) in [5.74, 6) is -0.0238. The van der Waals surface area contributed by atoms with E-state index in [1.165, 1.54) is 5.56 Å². The van der Waals surface area contributed by atoms with Crippen LogP contribution in [0.5, 0.6) is 0 Å². The first-order chi connectivity index (χ1) is 9.19. The Balaban J connectivity index is 1.90. The number of hydrogen-bond donors (Lipinski definition) is 0. The van der Waals surface area contributed by atoms with Crippen molar-refractivity contribution < 1.29 is 9.53 Å². The van der Waals surface area contributed by atoms with E-state index in [4.69, 9.17) is 16.3 Å². The third-order valence-electron chi connectivity index (χ3n) is 3.44. The van der Waals surface area contributed by atoms with Crippen LogP contribution in [-0.2, 0) is 16.1 Å². The first-order valence-electron chi connectivity index (χ1n) is 6.82. The van der Waals surface area contributed by atoms with Gasteiger partial charge in [0, 0.05) is 18.1 Å². The number of hydrogen-bond acceptors (Lipinski definition) is 3. The summed E-state index contributed by atoms with van der Waals surface area (Å²) >= 11 is 5.88. The molecule has 1 aromatic carbocycles. The largest absolute Gasteiger partial charge is 0.466 e. The summed E-state index contributed by atoms with van der Waals surface area (Å²) in [4.78, 5) is 14.1. The van der Waals surface area contributed by atoms with Crippen LogP contribution in [0.3, 0.4) is 0 Å². The van der Waals surface area contributed by atoms with Gasteiger partial charge in [-0.05, 0) is 44.0 Å². The first kappa shape index (κ1) is 14.4. The highest BCUT2D eigenvalue weighted by Crippen LogP contribution is 2.20. The maximum Gasteiger partial charge on any atom is 0.310 e. The lowest BCUT2D eigenvalue weighted by Gasteiger charge is -2.31. The highest BCUT2D eigenvalue weighted by molar-refractivity contribution is 6.30. The van der Waals surface area contributed by atoms with Gasteiger partial charge in [0.25, 0.3) is 0 Å². The van der Waals surface area contributed by atoms with Gasteiger partial charge in [-0.3, -0.25) is 9.69 Å². The van der Waals surface area contributed by atoms with Crippen LogP contribution in [0.2, 0.25) is 5.02 Å². The Morgan fingerprint density at radius 2 is 2.16 bits per heavy atom. The molecule has 0 radical (unpaired) electrons. The molecule has 0 amide bonds. The lowest BCUT2D eigenvalue weighted by atomic mass is 9.98. The van der Waals surface area contributed by atoms with Crippen molar-refractivity contribution in [3.63, 3.8) is 0 Å². The molecular weight excluding hydrogens is 262 g/mol. The van der Waals surface area contributed by atoms with E-state index in [1.54, 1.807) is 0 Å². The molecule has 0 spiro atoms. The topological polar surface area (TPSA) is 29.5 Å². The zero-order chi connectivity index (χ0) is 13.7. The third-order valence-corrected chi connectivity index (χ3v) is 3.70. The summed E-state index contributed by atoms with van der Waals surface area (Å²) in [6, 6.07) is 7.89. The number of esters is 1. The van der Waals surface area contributed by atoms with E-state index in [2.05, 4.69) is 4.90 Å². The Morgan fingerprint density at radius 3 is 2.84 bits per heavy atom. The lowest BCUT2D eigenvalue weighted by molar-refractivity contribution is -0.150. The molecule has 1 saturated heterocycles. The van der Waals surface area contributed by atoms with Crippen LogP contribution < -0.4 is 0 Å². The molecular formula is C15H20ClNO2. The fraction of sp³-hybridized carbons (Fsp3) is 0.533. The summed E-state index contributed by atoms with van der Waals surface area (Å²) in [6.45, 7) is 5.02. The van der Waals surface area contributed by atoms with E-state index in [-0.39, 0.29) is 11.9 Å². The van der Waals surface area contributed by atoms with Crippen molar-refractivity contribution >= 4 is 17.6 Å². The van der Waals surface area contributed by atoms with Crippen LogP contribution in [0.15, 0.2) is 24.3 Å². The molecule has 0 aliphatic carbocycles. The molecule has 1 aromatic rings. The van der Waals surface area contributed by atoms with E-state index in [1.807, 2.05) is 31.2 Å². The molecule has 1 heterocycles. The molecule has 1 atom stereocenters. The molecule has 3 nitrogen and oxygen atoms in total. The molecule has 4 heteroatoms. The molecule has 0 saturated carbocycles. The smallest absolute Gasteiger partial charge is 0.310 e. The Hall–Kier alpha value is -1.06. The predicted molar refractivity (Wildman–Crippen MR) is 76.1 cm³/mol. The third kappa shape index (κ3) is 4.22. The molecule has 19 heavy (non-hydrogen) atoms. The highest BCUT2D eigenvalue weighted by Gasteiger charge is 2.26. The number of carbonyl (C=O) groups excluding carboxylic acids is 1. The van der Waals surface area contributed by atoms with E-state index >= 15 is 0 Å². The molecule has 0 aromatic heterocycles. The predicted octanol–water partition coefficient (Wildman–Crippen LogP) is 3.12. The Kier molecular flexibility index (Phi) is 5.23. The molecule has 1 aliphatic heterocycles. The minimum atomic E-state index is -0.0525. The fourth-order valence-electron chi connectivity index (χ4n) is 2.50. The normalized spacial score (nSPS) is 20.2. The molecule has 2 rings (SSSR count). The van der Waals surface area contributed by atoms with Crippen molar-refractivity contribution in [2.75, 3.05) is 19.7 Å². The van der Waals surface area contributed by atoms with Crippen LogP contribution in [0.25, 0.3) is 0 Å². The number of benzene rings is 1. The second kappa shape index (κ2) is 6.92. The van der Waals surface area contributed by atoms with Gasteiger partial charge in [-0.1, -0.05) is 23.7 Å². The van der Waals surface area contributed by atoms with Gasteiger partial charge >= 0.3 is 5.97 Å². The molecule has 0 bridgehead atoms. The number of likely N-dealkylation sites (tertiary alicyclic amines) is 1. The average molecular weight is 282 g/mol. The minimum Gasteiger partial charge on any atom is -0.466 e. The maximum atomic E-state index is 11.8. The summed E-state index contributed by atoms with van der Waals surface area (Å²) in [7, 11) is 0. The lowest BCUT2D eigenvalue weighted by Crippen LogP contribution is -2.38. The van der Waals surface area contributed by atoms with Gasteiger partial charge in [0.1, 0.15) is 0 Å². The fourth-order valence-corrected chi connectivity index (χ4v) is 2.63. The van der Waals surface area contributed by atoms with Gasteiger partial charge in [-0.2, -0.15) is 0 Å². The standard InChI is InChI=1S/C15H20ClNO2/c1-2-19-15(18)13-4-3-9-17(11-13)10-12-5-7-14(16)8-6-12/h5-8,13H,2-4,9-11H2,1H3/t13-/m1/s1. The maximum absolute atomic E-state index is 11.8. The number of carbonyl (C=O) groups is 1. The number of piperidine rings is 1. The molecule has 0 unspecified atom stereocenters. The van der Waals surface area contributed by atoms with Crippen LogP contribution in [0, 0.1) is 5.92 Å². The van der Waals surface area contributed by atoms with Gasteiger partial charge in [-0.25, -0.2) is 0 Å². The first-order valence-corrected chi connectivity index (χ1v) is 7.20. The van der Waals surface area contributed by atoms with Gasteiger partial charge < -0.3 is 4.74 Å². The SMILES string of the molecule is CCOC(=O)[C@@H]1CCCN(Cc2ccc(Cl)cc2)C1. The van der Waals surface area contributed by atoms with E-state index < -0.39 is 0 Å². The van der Waals surface area contributed by atoms with Crippen molar-refractivity contribution in [3.05, 3.63) is 34.9 Å². The molecule has 104 valence electrons. The van der Waals surface area contributed by atoms with Crippen LogP contribution in [0.4, 0.5) is 0 Å². The van der Waals surface area contributed by atoms with Gasteiger partial charge in [-0.15, -0.1) is 0 Å². The summed E-state index contributed by atoms with van der Waals surface area (Å²) in [5.41, 5.74) is 1.23. The number of nitrogens with zero attached hydrogens (tertiary/aromatic N) is 1. The van der Waals surface area contributed by atoms with Crippen molar-refractivity contribution in [3.8, 4) is 0 Å². The highest BCUT2D eigenvalue weighted by atomic mass is 35.5. The zero-order valence-electron chi connectivity index (χ0n) is 11.3. The Labute approximate surface area is 119 Å². The van der Waals surface area contributed by atoms with Gasteiger partial charge in [0.2, 0.25) is 0 Å². The Bertz CT molecular complexity index is 419. The van der Waals surface area contributed by atoms with Crippen molar-refractivity contribution in [2.24, 2.45) is 5.92 Å². The monoisotopic (exact) mass is 281 g/mol. The Morgan fingerprint density at radius 1 is 1.42 bits per heavy atom. The summed E-state index contributed by atoms with van der Waals surface area (Å²) < 4.78 is 5.11. The van der Waals surface area contributed by atoms with Crippen molar-refractivity contribution in [2.45, 2.75) is 26.3 Å². The van der Waals surface area contributed by atoms with Crippen LogP contribution in [0.1, 0.15) is 25.3 Å². The zero-order valence-corrected chi connectivity index (χ0v) is 12.0. The average Bonchev–Trinajstić information content (AvgIpc) is 2.42. The number of ether oxygens (including phenoxy) is 1. The number of rotatable bonds is 4. The van der Waals surface area contributed by atoms with Gasteiger partial charge in [0.05, 0.1) is 12.5 Å². The van der Waals surface area contributed by atoms with Gasteiger partial charge in [0.15, 0.2) is 0 Å². The summed E-state index contributed by atoms with van der Waals surface area (Å²) in [6.07, 6.45) is 1.99. The summed E-state index contributed by atoms with van der Waals surface area (Å²) in [5, 5.41) is 0.756. The minimum absolute atomic E-state index is 0.0287. The van der Waals surface area contributed by atoms with Crippen LogP contribution >= 0.6 is 11.6 Å². The van der Waals surface area contributed by atoms with Crippen LogP contribution in [-0.4, -0.2) is 30.6 Å². The number of halogens is 1. The van der Waals surface area contributed by atoms with E-state index in [0.717, 1.165) is 37.5 Å². The second-order valence-electron chi connectivity index (χ2n) is 4.95. The molecule has 0 N–H and O–H groups in total. The second-order valence-corrected chi connectivity index (χ2v) is 5.39.